The predicted octanol–water partition coefficient (Wildman–Crippen LogP) is 1.45. The molecule has 1 aromatic heterocycles. The molecular weight excluding hydrogens is 258 g/mol. The Morgan fingerprint density at radius 1 is 1.50 bits per heavy atom. The fourth-order valence-electron chi connectivity index (χ4n) is 2.45. The van der Waals surface area contributed by atoms with Crippen molar-refractivity contribution in [3.05, 3.63) is 17.8 Å². The molecule has 6 heteroatoms. The van der Waals surface area contributed by atoms with Gasteiger partial charge in [0.05, 0.1) is 30.1 Å². The summed E-state index contributed by atoms with van der Waals surface area (Å²) in [6.07, 6.45) is 1.79. The summed E-state index contributed by atoms with van der Waals surface area (Å²) in [6, 6.07) is 1.59. The van der Waals surface area contributed by atoms with E-state index < -0.39 is 5.97 Å². The molecule has 0 aliphatic carbocycles. The van der Waals surface area contributed by atoms with Crippen LogP contribution in [0.1, 0.15) is 31.1 Å². The predicted molar refractivity (Wildman–Crippen MR) is 76.8 cm³/mol. The van der Waals surface area contributed by atoms with Crippen LogP contribution in [-0.4, -0.2) is 42.9 Å². The van der Waals surface area contributed by atoms with Gasteiger partial charge in [0, 0.05) is 19.3 Å². The topological polar surface area (TPSA) is 77.7 Å². The number of nitrogens with zero attached hydrogens (tertiary/aromatic N) is 2. The molecule has 0 radical (unpaired) electrons. The summed E-state index contributed by atoms with van der Waals surface area (Å²) in [5, 5.41) is 0. The van der Waals surface area contributed by atoms with Gasteiger partial charge in [0.15, 0.2) is 5.82 Å². The SMILES string of the molecule is CCOC(=O)c1ccnc(N2CC(C)OC(C)C2)c1N. The van der Waals surface area contributed by atoms with Crippen molar-refractivity contribution in [3.8, 4) is 0 Å². The van der Waals surface area contributed by atoms with Gasteiger partial charge in [-0.15, -0.1) is 0 Å². The lowest BCUT2D eigenvalue weighted by Gasteiger charge is -2.36. The van der Waals surface area contributed by atoms with Gasteiger partial charge in [-0.2, -0.15) is 0 Å². The Bertz CT molecular complexity index is 483. The lowest BCUT2D eigenvalue weighted by molar-refractivity contribution is -0.00541. The molecule has 2 atom stereocenters. The number of esters is 1. The molecule has 20 heavy (non-hydrogen) atoms. The third-order valence-corrected chi connectivity index (χ3v) is 3.18. The molecule has 2 unspecified atom stereocenters. The van der Waals surface area contributed by atoms with Gasteiger partial charge < -0.3 is 20.1 Å². The van der Waals surface area contributed by atoms with E-state index in [2.05, 4.69) is 9.88 Å². The van der Waals surface area contributed by atoms with Gasteiger partial charge in [-0.05, 0) is 26.8 Å². The fourth-order valence-corrected chi connectivity index (χ4v) is 2.45. The second kappa shape index (κ2) is 6.09. The number of carbonyl (C=O) groups is 1. The van der Waals surface area contributed by atoms with Crippen molar-refractivity contribution in [1.82, 2.24) is 4.98 Å². The molecular formula is C14H21N3O3. The largest absolute Gasteiger partial charge is 0.462 e. The standard InChI is InChI=1S/C14H21N3O3/c1-4-19-14(18)11-5-6-16-13(12(11)15)17-7-9(2)20-10(3)8-17/h5-6,9-10H,4,7-8,15H2,1-3H3. The summed E-state index contributed by atoms with van der Waals surface area (Å²) in [7, 11) is 0. The van der Waals surface area contributed by atoms with E-state index in [-0.39, 0.29) is 12.2 Å². The molecule has 2 heterocycles. The van der Waals surface area contributed by atoms with Gasteiger partial charge in [-0.25, -0.2) is 9.78 Å². The molecule has 1 aliphatic heterocycles. The van der Waals surface area contributed by atoms with Crippen LogP contribution in [0.3, 0.4) is 0 Å². The molecule has 0 amide bonds. The van der Waals surface area contributed by atoms with Crippen LogP contribution in [0.15, 0.2) is 12.3 Å². The van der Waals surface area contributed by atoms with Crippen molar-refractivity contribution in [3.63, 3.8) is 0 Å². The van der Waals surface area contributed by atoms with Crippen molar-refractivity contribution in [1.29, 1.82) is 0 Å². The smallest absolute Gasteiger partial charge is 0.340 e. The first kappa shape index (κ1) is 14.6. The fraction of sp³-hybridized carbons (Fsp3) is 0.571. The number of hydrogen-bond acceptors (Lipinski definition) is 6. The highest BCUT2D eigenvalue weighted by Crippen LogP contribution is 2.27. The number of aromatic nitrogens is 1. The molecule has 1 aromatic rings. The third-order valence-electron chi connectivity index (χ3n) is 3.18. The Morgan fingerprint density at radius 3 is 2.75 bits per heavy atom. The van der Waals surface area contributed by atoms with E-state index in [1.54, 1.807) is 19.2 Å². The molecule has 1 saturated heterocycles. The van der Waals surface area contributed by atoms with E-state index in [4.69, 9.17) is 15.2 Å². The van der Waals surface area contributed by atoms with Gasteiger partial charge in [0.25, 0.3) is 0 Å². The van der Waals surface area contributed by atoms with Crippen molar-refractivity contribution < 1.29 is 14.3 Å². The molecule has 0 spiro atoms. The highest BCUT2D eigenvalue weighted by atomic mass is 16.5. The maximum Gasteiger partial charge on any atom is 0.340 e. The van der Waals surface area contributed by atoms with Crippen LogP contribution in [-0.2, 0) is 9.47 Å². The number of pyridine rings is 1. The lowest BCUT2D eigenvalue weighted by atomic mass is 10.1. The summed E-state index contributed by atoms with van der Waals surface area (Å²) in [6.45, 7) is 7.51. The summed E-state index contributed by atoms with van der Waals surface area (Å²) >= 11 is 0. The minimum absolute atomic E-state index is 0.103. The van der Waals surface area contributed by atoms with Gasteiger partial charge in [0.2, 0.25) is 0 Å². The number of ether oxygens (including phenoxy) is 2. The van der Waals surface area contributed by atoms with E-state index in [1.165, 1.54) is 0 Å². The summed E-state index contributed by atoms with van der Waals surface area (Å²) in [5.74, 6) is 0.209. The number of morpholine rings is 1. The Morgan fingerprint density at radius 2 is 2.15 bits per heavy atom. The molecule has 2 N–H and O–H groups in total. The average Bonchev–Trinajstić information content (AvgIpc) is 2.38. The summed E-state index contributed by atoms with van der Waals surface area (Å²) in [5.41, 5.74) is 6.82. The number of rotatable bonds is 3. The minimum atomic E-state index is -0.414. The van der Waals surface area contributed by atoms with Crippen LogP contribution >= 0.6 is 0 Å². The first-order valence-electron chi connectivity index (χ1n) is 6.85. The molecule has 6 nitrogen and oxygen atoms in total. The summed E-state index contributed by atoms with van der Waals surface area (Å²) in [4.78, 5) is 18.2. The second-order valence-electron chi connectivity index (χ2n) is 4.98. The normalized spacial score (nSPS) is 22.6. The van der Waals surface area contributed by atoms with Crippen LogP contribution in [0, 0.1) is 0 Å². The maximum absolute atomic E-state index is 11.9. The van der Waals surface area contributed by atoms with Crippen molar-refractivity contribution in [2.75, 3.05) is 30.3 Å². The second-order valence-corrected chi connectivity index (χ2v) is 4.98. The van der Waals surface area contributed by atoms with E-state index in [1.807, 2.05) is 13.8 Å². The number of carbonyl (C=O) groups excluding carboxylic acids is 1. The van der Waals surface area contributed by atoms with Crippen LogP contribution < -0.4 is 10.6 Å². The molecule has 1 fully saturated rings. The van der Waals surface area contributed by atoms with E-state index in [9.17, 15) is 4.79 Å². The number of nitrogens with two attached hydrogens (primary N) is 1. The van der Waals surface area contributed by atoms with E-state index >= 15 is 0 Å². The lowest BCUT2D eigenvalue weighted by Crippen LogP contribution is -2.46. The van der Waals surface area contributed by atoms with Gasteiger partial charge in [0.1, 0.15) is 0 Å². The van der Waals surface area contributed by atoms with E-state index in [0.717, 1.165) is 0 Å². The number of anilines is 2. The Balaban J connectivity index is 2.28. The average molecular weight is 279 g/mol. The van der Waals surface area contributed by atoms with Crippen LogP contribution in [0.25, 0.3) is 0 Å². The monoisotopic (exact) mass is 279 g/mol. The number of nitrogen functional groups attached to an aromatic ring is 1. The van der Waals surface area contributed by atoms with Gasteiger partial charge in [-0.3, -0.25) is 0 Å². The third kappa shape index (κ3) is 3.01. The van der Waals surface area contributed by atoms with Gasteiger partial charge >= 0.3 is 5.97 Å². The first-order valence-corrected chi connectivity index (χ1v) is 6.85. The highest BCUT2D eigenvalue weighted by molar-refractivity contribution is 5.97. The first-order chi connectivity index (χ1) is 9.52. The van der Waals surface area contributed by atoms with Crippen LogP contribution in [0.5, 0.6) is 0 Å². The van der Waals surface area contributed by atoms with Gasteiger partial charge in [-0.1, -0.05) is 0 Å². The minimum Gasteiger partial charge on any atom is -0.462 e. The zero-order chi connectivity index (χ0) is 14.7. The maximum atomic E-state index is 11.9. The molecule has 0 aromatic carbocycles. The van der Waals surface area contributed by atoms with Crippen LogP contribution in [0.2, 0.25) is 0 Å². The van der Waals surface area contributed by atoms with Crippen molar-refractivity contribution in [2.24, 2.45) is 0 Å². The molecule has 2 rings (SSSR count). The van der Waals surface area contributed by atoms with Crippen LogP contribution in [0.4, 0.5) is 11.5 Å². The highest BCUT2D eigenvalue weighted by Gasteiger charge is 2.26. The Labute approximate surface area is 118 Å². The van der Waals surface area contributed by atoms with Crippen molar-refractivity contribution >= 4 is 17.5 Å². The molecule has 0 bridgehead atoms. The Kier molecular flexibility index (Phi) is 4.44. The molecule has 110 valence electrons. The number of hydrogen-bond donors (Lipinski definition) is 1. The summed E-state index contributed by atoms with van der Waals surface area (Å²) < 4.78 is 10.7. The zero-order valence-electron chi connectivity index (χ0n) is 12.1. The molecule has 1 aliphatic rings. The molecule has 0 saturated carbocycles. The van der Waals surface area contributed by atoms with E-state index in [0.29, 0.717) is 36.8 Å². The quantitative estimate of drug-likeness (QED) is 0.844. The zero-order valence-corrected chi connectivity index (χ0v) is 12.1. The van der Waals surface area contributed by atoms with Crippen molar-refractivity contribution in [2.45, 2.75) is 33.0 Å². The Hall–Kier alpha value is -1.82.